The minimum absolute atomic E-state index is 0.0469. The molecule has 16 heavy (non-hydrogen) atoms. The number of nitrogens with zero attached hydrogens (tertiary/aromatic N) is 3. The largest absolute Gasteiger partial charge is 0.302 e. The predicted molar refractivity (Wildman–Crippen MR) is 61.8 cm³/mol. The van der Waals surface area contributed by atoms with Gasteiger partial charge in [-0.1, -0.05) is 0 Å². The van der Waals surface area contributed by atoms with Crippen LogP contribution in [-0.4, -0.2) is 14.9 Å². The molecule has 0 saturated carbocycles. The summed E-state index contributed by atoms with van der Waals surface area (Å²) in [6.45, 7) is 0. The van der Waals surface area contributed by atoms with E-state index in [0.717, 1.165) is 5.56 Å². The highest BCUT2D eigenvalue weighted by Gasteiger charge is 2.14. The fourth-order valence-electron chi connectivity index (χ4n) is 1.27. The van der Waals surface area contributed by atoms with Gasteiger partial charge in [-0.25, -0.2) is 4.98 Å². The summed E-state index contributed by atoms with van der Waals surface area (Å²) in [5.41, 5.74) is 1.49. The van der Waals surface area contributed by atoms with Crippen LogP contribution in [0.1, 0.15) is 0 Å². The molecule has 0 amide bonds. The summed E-state index contributed by atoms with van der Waals surface area (Å²) in [5, 5.41) is 10.7. The van der Waals surface area contributed by atoms with E-state index in [-0.39, 0.29) is 10.3 Å². The number of hydrogen-bond donors (Lipinski definition) is 0. The fourth-order valence-corrected chi connectivity index (χ4v) is 1.63. The molecule has 0 spiro atoms. The van der Waals surface area contributed by atoms with Gasteiger partial charge in [-0.2, -0.15) is 0 Å². The zero-order valence-corrected chi connectivity index (χ0v) is 9.59. The van der Waals surface area contributed by atoms with Crippen molar-refractivity contribution in [1.29, 1.82) is 0 Å². The van der Waals surface area contributed by atoms with Crippen LogP contribution >= 0.6 is 15.9 Å². The van der Waals surface area contributed by atoms with Crippen molar-refractivity contribution >= 4 is 21.6 Å². The molecule has 0 fully saturated rings. The van der Waals surface area contributed by atoms with Gasteiger partial charge in [0.15, 0.2) is 4.60 Å². The van der Waals surface area contributed by atoms with E-state index in [0.29, 0.717) is 5.56 Å². The van der Waals surface area contributed by atoms with Gasteiger partial charge in [-0.15, -0.1) is 0 Å². The molecule has 5 nitrogen and oxygen atoms in total. The lowest BCUT2D eigenvalue weighted by Crippen LogP contribution is -1.92. The van der Waals surface area contributed by atoms with Crippen molar-refractivity contribution in [2.24, 2.45) is 0 Å². The quantitative estimate of drug-likeness (QED) is 0.482. The van der Waals surface area contributed by atoms with Crippen LogP contribution in [0.4, 0.5) is 5.69 Å². The van der Waals surface area contributed by atoms with Crippen LogP contribution in [0.3, 0.4) is 0 Å². The average Bonchev–Trinajstić information content (AvgIpc) is 2.30. The van der Waals surface area contributed by atoms with E-state index in [1.165, 1.54) is 6.07 Å². The molecule has 2 rings (SSSR count). The van der Waals surface area contributed by atoms with E-state index >= 15 is 0 Å². The number of pyridine rings is 2. The third kappa shape index (κ3) is 2.06. The number of hydrogen-bond acceptors (Lipinski definition) is 4. The van der Waals surface area contributed by atoms with Crippen molar-refractivity contribution in [3.8, 4) is 11.1 Å². The molecular weight excluding hydrogens is 274 g/mol. The molecule has 0 aliphatic carbocycles. The van der Waals surface area contributed by atoms with Crippen LogP contribution in [0.25, 0.3) is 11.1 Å². The van der Waals surface area contributed by atoms with Gasteiger partial charge in [0, 0.05) is 30.2 Å². The van der Waals surface area contributed by atoms with Crippen molar-refractivity contribution in [3.63, 3.8) is 0 Å². The Bertz CT molecular complexity index is 531. The molecular formula is C10H6BrN3O2. The van der Waals surface area contributed by atoms with Crippen molar-refractivity contribution in [3.05, 3.63) is 51.5 Å². The molecule has 0 N–H and O–H groups in total. The van der Waals surface area contributed by atoms with Crippen LogP contribution in [0.2, 0.25) is 0 Å². The molecule has 0 aliphatic heterocycles. The molecule has 0 radical (unpaired) electrons. The fraction of sp³-hybridized carbons (Fsp3) is 0. The normalized spacial score (nSPS) is 10.1. The molecule has 2 aromatic rings. The lowest BCUT2D eigenvalue weighted by atomic mass is 10.1. The number of halogens is 1. The summed E-state index contributed by atoms with van der Waals surface area (Å²) in [7, 11) is 0. The van der Waals surface area contributed by atoms with Gasteiger partial charge in [0.1, 0.15) is 0 Å². The van der Waals surface area contributed by atoms with Crippen molar-refractivity contribution in [2.75, 3.05) is 0 Å². The van der Waals surface area contributed by atoms with Crippen molar-refractivity contribution < 1.29 is 4.92 Å². The molecule has 0 aliphatic rings. The molecule has 0 atom stereocenters. The number of nitro groups is 1. The Labute approximate surface area is 99.4 Å². The topological polar surface area (TPSA) is 68.9 Å². The van der Waals surface area contributed by atoms with E-state index in [4.69, 9.17) is 0 Å². The van der Waals surface area contributed by atoms with E-state index in [2.05, 4.69) is 25.9 Å². The lowest BCUT2D eigenvalue weighted by molar-refractivity contribution is -0.386. The minimum Gasteiger partial charge on any atom is -0.265 e. The summed E-state index contributed by atoms with van der Waals surface area (Å²) in [6.07, 6.45) is 4.83. The van der Waals surface area contributed by atoms with E-state index < -0.39 is 4.92 Å². The standard InChI is InChI=1S/C10H6BrN3O2/c11-10-9(14(15)16)5-8(6-13-10)7-1-3-12-4-2-7/h1-6H. The Hall–Kier alpha value is -1.82. The van der Waals surface area contributed by atoms with Crippen LogP contribution in [0, 0.1) is 10.1 Å². The second kappa shape index (κ2) is 4.36. The molecule has 0 aromatic carbocycles. The van der Waals surface area contributed by atoms with E-state index in [9.17, 15) is 10.1 Å². The first kappa shape index (κ1) is 10.7. The van der Waals surface area contributed by atoms with Gasteiger partial charge >= 0.3 is 5.69 Å². The first-order valence-corrected chi connectivity index (χ1v) is 5.18. The highest BCUT2D eigenvalue weighted by atomic mass is 79.9. The maximum Gasteiger partial charge on any atom is 0.302 e. The SMILES string of the molecule is O=[N+]([O-])c1cc(-c2ccncc2)cnc1Br. The van der Waals surface area contributed by atoms with Crippen LogP contribution < -0.4 is 0 Å². The van der Waals surface area contributed by atoms with Crippen LogP contribution in [-0.2, 0) is 0 Å². The summed E-state index contributed by atoms with van der Waals surface area (Å²) < 4.78 is 0.232. The number of aromatic nitrogens is 2. The predicted octanol–water partition coefficient (Wildman–Crippen LogP) is 2.81. The van der Waals surface area contributed by atoms with Gasteiger partial charge < -0.3 is 0 Å². The maximum absolute atomic E-state index is 10.7. The Morgan fingerprint density at radius 1 is 1.25 bits per heavy atom. The highest BCUT2D eigenvalue weighted by Crippen LogP contribution is 2.27. The molecule has 6 heteroatoms. The Morgan fingerprint density at radius 2 is 1.94 bits per heavy atom. The van der Waals surface area contributed by atoms with Crippen molar-refractivity contribution in [2.45, 2.75) is 0 Å². The molecule has 80 valence electrons. The van der Waals surface area contributed by atoms with Gasteiger partial charge in [0.25, 0.3) is 0 Å². The Kier molecular flexibility index (Phi) is 2.91. The second-order valence-electron chi connectivity index (χ2n) is 3.03. The highest BCUT2D eigenvalue weighted by molar-refractivity contribution is 9.10. The lowest BCUT2D eigenvalue weighted by Gasteiger charge is -2.01. The third-order valence-electron chi connectivity index (χ3n) is 2.03. The zero-order valence-electron chi connectivity index (χ0n) is 8.00. The van der Waals surface area contributed by atoms with Crippen LogP contribution in [0.5, 0.6) is 0 Å². The first-order valence-electron chi connectivity index (χ1n) is 4.39. The monoisotopic (exact) mass is 279 g/mol. The summed E-state index contributed by atoms with van der Waals surface area (Å²) in [6, 6.07) is 5.02. The number of rotatable bonds is 2. The second-order valence-corrected chi connectivity index (χ2v) is 3.78. The molecule has 0 bridgehead atoms. The van der Waals surface area contributed by atoms with Gasteiger partial charge in [-0.3, -0.25) is 15.1 Å². The molecule has 0 saturated heterocycles. The van der Waals surface area contributed by atoms with Gasteiger partial charge in [-0.05, 0) is 33.6 Å². The van der Waals surface area contributed by atoms with Crippen LogP contribution in [0.15, 0.2) is 41.4 Å². The Balaban J connectivity index is 2.52. The average molecular weight is 280 g/mol. The van der Waals surface area contributed by atoms with Crippen molar-refractivity contribution in [1.82, 2.24) is 9.97 Å². The molecule has 0 unspecified atom stereocenters. The Morgan fingerprint density at radius 3 is 2.56 bits per heavy atom. The first-order chi connectivity index (χ1) is 7.68. The molecule has 2 aromatic heterocycles. The zero-order chi connectivity index (χ0) is 11.5. The smallest absolute Gasteiger partial charge is 0.265 e. The van der Waals surface area contributed by atoms with E-state index in [1.54, 1.807) is 30.7 Å². The molecule has 2 heterocycles. The minimum atomic E-state index is -0.470. The summed E-state index contributed by atoms with van der Waals surface area (Å²) >= 11 is 3.04. The third-order valence-corrected chi connectivity index (χ3v) is 2.64. The summed E-state index contributed by atoms with van der Waals surface area (Å²) in [4.78, 5) is 18.1. The van der Waals surface area contributed by atoms with Gasteiger partial charge in [0.2, 0.25) is 0 Å². The van der Waals surface area contributed by atoms with E-state index in [1.807, 2.05) is 0 Å². The van der Waals surface area contributed by atoms with Gasteiger partial charge in [0.05, 0.1) is 4.92 Å². The summed E-state index contributed by atoms with van der Waals surface area (Å²) in [5.74, 6) is 0. The maximum atomic E-state index is 10.7.